The Hall–Kier alpha value is -0.710. The van der Waals surface area contributed by atoms with Gasteiger partial charge in [-0.25, -0.2) is 0 Å². The quantitative estimate of drug-likeness (QED) is 0.745. The van der Waals surface area contributed by atoms with Crippen molar-refractivity contribution in [3.05, 3.63) is 35.4 Å². The Balaban J connectivity index is 2.59. The van der Waals surface area contributed by atoms with Crippen molar-refractivity contribution in [3.63, 3.8) is 0 Å². The van der Waals surface area contributed by atoms with Gasteiger partial charge >= 0.3 is 0 Å². The van der Waals surface area contributed by atoms with Crippen LogP contribution in [0.4, 0.5) is 0 Å². The predicted octanol–water partition coefficient (Wildman–Crippen LogP) is 2.42. The second-order valence-electron chi connectivity index (χ2n) is 4.76. The summed E-state index contributed by atoms with van der Waals surface area (Å²) >= 11 is 0. The van der Waals surface area contributed by atoms with Crippen molar-refractivity contribution in [1.82, 2.24) is 0 Å². The molecule has 0 bridgehead atoms. The average Bonchev–Trinajstić information content (AvgIpc) is 2.46. The third-order valence-electron chi connectivity index (χ3n) is 3.39. The number of rotatable bonds is 8. The van der Waals surface area contributed by atoms with Gasteiger partial charge in [-0.15, -0.1) is 0 Å². The second kappa shape index (κ2) is 8.46. The van der Waals surface area contributed by atoms with Gasteiger partial charge in [-0.3, -0.25) is 4.21 Å². The van der Waals surface area contributed by atoms with Crippen molar-refractivity contribution in [3.8, 4) is 0 Å². The monoisotopic (exact) mass is 283 g/mol. The third kappa shape index (κ3) is 5.05. The van der Waals surface area contributed by atoms with E-state index in [0.29, 0.717) is 12.4 Å². The number of methoxy groups -OCH3 is 1. The number of aryl methyl sites for hydroxylation is 1. The Labute approximate surface area is 119 Å². The standard InChI is InChI=1S/C15H25NO2S/c1-4-13-6-8-14(9-7-13)15(16)12(2)19(17)11-5-10-18-3/h6-9,12,15H,4-5,10-11,16H2,1-3H3. The maximum Gasteiger partial charge on any atom is 0.0512 e. The first-order chi connectivity index (χ1) is 9.10. The van der Waals surface area contributed by atoms with Gasteiger partial charge in [0.1, 0.15) is 0 Å². The van der Waals surface area contributed by atoms with E-state index in [4.69, 9.17) is 10.5 Å². The lowest BCUT2D eigenvalue weighted by molar-refractivity contribution is 0.200. The van der Waals surface area contributed by atoms with Crippen molar-refractivity contribution in [2.24, 2.45) is 5.73 Å². The molecule has 2 N–H and O–H groups in total. The van der Waals surface area contributed by atoms with Crippen molar-refractivity contribution < 1.29 is 8.95 Å². The van der Waals surface area contributed by atoms with Crippen LogP contribution in [-0.4, -0.2) is 28.9 Å². The smallest absolute Gasteiger partial charge is 0.0512 e. The summed E-state index contributed by atoms with van der Waals surface area (Å²) in [5.74, 6) is 0.649. The fourth-order valence-corrected chi connectivity index (χ4v) is 3.20. The van der Waals surface area contributed by atoms with Crippen LogP contribution in [0.5, 0.6) is 0 Å². The first kappa shape index (κ1) is 16.3. The van der Waals surface area contributed by atoms with Crippen LogP contribution in [0.15, 0.2) is 24.3 Å². The van der Waals surface area contributed by atoms with E-state index < -0.39 is 10.8 Å². The van der Waals surface area contributed by atoms with Gasteiger partial charge in [-0.1, -0.05) is 31.2 Å². The predicted molar refractivity (Wildman–Crippen MR) is 81.7 cm³/mol. The molecular formula is C15H25NO2S. The summed E-state index contributed by atoms with van der Waals surface area (Å²) in [6.07, 6.45) is 1.84. The van der Waals surface area contributed by atoms with Gasteiger partial charge in [-0.2, -0.15) is 0 Å². The molecule has 0 spiro atoms. The molecule has 0 aliphatic carbocycles. The summed E-state index contributed by atoms with van der Waals surface area (Å²) in [6.45, 7) is 4.74. The molecule has 0 aliphatic heterocycles. The molecule has 3 unspecified atom stereocenters. The number of nitrogens with two attached hydrogens (primary N) is 1. The van der Waals surface area contributed by atoms with Gasteiger partial charge in [0.05, 0.1) is 5.25 Å². The largest absolute Gasteiger partial charge is 0.385 e. The molecule has 0 aliphatic rings. The maximum absolute atomic E-state index is 12.1. The van der Waals surface area contributed by atoms with E-state index in [1.165, 1.54) is 5.56 Å². The Bertz CT molecular complexity index is 392. The number of hydrogen-bond acceptors (Lipinski definition) is 3. The Morgan fingerprint density at radius 3 is 2.47 bits per heavy atom. The topological polar surface area (TPSA) is 52.3 Å². The molecule has 4 heteroatoms. The van der Waals surface area contributed by atoms with Gasteiger partial charge in [-0.05, 0) is 30.9 Å². The minimum absolute atomic E-state index is 0.0377. The van der Waals surface area contributed by atoms with E-state index in [0.717, 1.165) is 18.4 Å². The Morgan fingerprint density at radius 2 is 1.95 bits per heavy atom. The molecule has 3 atom stereocenters. The van der Waals surface area contributed by atoms with Crippen molar-refractivity contribution in [2.45, 2.75) is 38.0 Å². The van der Waals surface area contributed by atoms with Gasteiger partial charge in [0.2, 0.25) is 0 Å². The third-order valence-corrected chi connectivity index (χ3v) is 5.20. The van der Waals surface area contributed by atoms with Crippen LogP contribution in [0.1, 0.15) is 37.4 Å². The molecule has 0 amide bonds. The van der Waals surface area contributed by atoms with E-state index >= 15 is 0 Å². The van der Waals surface area contributed by atoms with E-state index in [1.807, 2.05) is 19.1 Å². The summed E-state index contributed by atoms with van der Waals surface area (Å²) < 4.78 is 17.1. The first-order valence-corrected chi connectivity index (χ1v) is 8.18. The normalized spacial score (nSPS) is 16.0. The molecular weight excluding hydrogens is 258 g/mol. The summed E-state index contributed by atoms with van der Waals surface area (Å²) in [6, 6.07) is 8.11. The molecule has 3 nitrogen and oxygen atoms in total. The van der Waals surface area contributed by atoms with E-state index in [-0.39, 0.29) is 11.3 Å². The molecule has 0 saturated heterocycles. The van der Waals surface area contributed by atoms with E-state index in [2.05, 4.69) is 19.1 Å². The van der Waals surface area contributed by atoms with Crippen molar-refractivity contribution in [2.75, 3.05) is 19.5 Å². The second-order valence-corrected chi connectivity index (χ2v) is 6.67. The molecule has 0 saturated carbocycles. The molecule has 108 valence electrons. The van der Waals surface area contributed by atoms with Crippen LogP contribution in [0.2, 0.25) is 0 Å². The minimum Gasteiger partial charge on any atom is -0.385 e. The zero-order valence-corrected chi connectivity index (χ0v) is 12.9. The SMILES string of the molecule is CCc1ccc(C(N)C(C)S(=O)CCCOC)cc1. The van der Waals surface area contributed by atoms with Gasteiger partial charge < -0.3 is 10.5 Å². The molecule has 1 rings (SSSR count). The van der Waals surface area contributed by atoms with Gasteiger partial charge in [0, 0.05) is 36.3 Å². The number of ether oxygens (including phenoxy) is 1. The lowest BCUT2D eigenvalue weighted by atomic mass is 10.0. The first-order valence-electron chi connectivity index (χ1n) is 6.80. The van der Waals surface area contributed by atoms with Crippen LogP contribution in [-0.2, 0) is 22.0 Å². The fraction of sp³-hybridized carbons (Fsp3) is 0.600. The van der Waals surface area contributed by atoms with Crippen molar-refractivity contribution >= 4 is 10.8 Å². The van der Waals surface area contributed by atoms with Crippen LogP contribution in [0.25, 0.3) is 0 Å². The number of benzene rings is 1. The van der Waals surface area contributed by atoms with Crippen LogP contribution in [0, 0.1) is 0 Å². The highest BCUT2D eigenvalue weighted by atomic mass is 32.2. The summed E-state index contributed by atoms with van der Waals surface area (Å²) in [5, 5.41) is -0.0377. The highest BCUT2D eigenvalue weighted by molar-refractivity contribution is 7.85. The average molecular weight is 283 g/mol. The summed E-state index contributed by atoms with van der Waals surface area (Å²) in [5.41, 5.74) is 8.57. The molecule has 1 aromatic rings. The summed E-state index contributed by atoms with van der Waals surface area (Å²) in [4.78, 5) is 0. The molecule has 0 radical (unpaired) electrons. The molecule has 1 aromatic carbocycles. The maximum atomic E-state index is 12.1. The van der Waals surface area contributed by atoms with Gasteiger partial charge in [0.15, 0.2) is 0 Å². The van der Waals surface area contributed by atoms with Crippen LogP contribution in [0.3, 0.4) is 0 Å². The lowest BCUT2D eigenvalue weighted by Gasteiger charge is -2.20. The van der Waals surface area contributed by atoms with E-state index in [1.54, 1.807) is 7.11 Å². The highest BCUT2D eigenvalue weighted by Gasteiger charge is 2.20. The van der Waals surface area contributed by atoms with Crippen LogP contribution >= 0.6 is 0 Å². The zero-order chi connectivity index (χ0) is 14.3. The molecule has 0 fully saturated rings. The number of hydrogen-bond donors (Lipinski definition) is 1. The van der Waals surface area contributed by atoms with Crippen molar-refractivity contribution in [1.29, 1.82) is 0 Å². The minimum atomic E-state index is -0.909. The molecule has 19 heavy (non-hydrogen) atoms. The van der Waals surface area contributed by atoms with Crippen LogP contribution < -0.4 is 5.73 Å². The zero-order valence-electron chi connectivity index (χ0n) is 12.1. The van der Waals surface area contributed by atoms with E-state index in [9.17, 15) is 4.21 Å². The Kier molecular flexibility index (Phi) is 7.28. The molecule has 0 aromatic heterocycles. The Morgan fingerprint density at radius 1 is 1.32 bits per heavy atom. The lowest BCUT2D eigenvalue weighted by Crippen LogP contribution is -2.29. The summed E-state index contributed by atoms with van der Waals surface area (Å²) in [7, 11) is 0.751. The van der Waals surface area contributed by atoms with Gasteiger partial charge in [0.25, 0.3) is 0 Å². The fourth-order valence-electron chi connectivity index (χ4n) is 1.94. The highest BCUT2D eigenvalue weighted by Crippen LogP contribution is 2.19. The molecule has 0 heterocycles.